The van der Waals surface area contributed by atoms with Gasteiger partial charge in [-0.25, -0.2) is 0 Å². The number of hydrogen-bond donors (Lipinski definition) is 2. The van der Waals surface area contributed by atoms with Crippen LogP contribution in [0.25, 0.3) is 10.4 Å². The topological polar surface area (TPSA) is 114 Å². The van der Waals surface area contributed by atoms with E-state index in [4.69, 9.17) is 17.7 Å². The lowest BCUT2D eigenvalue weighted by Gasteiger charge is -2.11. The lowest BCUT2D eigenvalue weighted by Crippen LogP contribution is -2.25. The monoisotopic (exact) mass is 239 g/mol. The zero-order valence-corrected chi connectivity index (χ0v) is 9.07. The molecule has 0 saturated carbocycles. The second-order valence-electron chi connectivity index (χ2n) is 3.48. The van der Waals surface area contributed by atoms with Gasteiger partial charge in [0.05, 0.1) is 0 Å². The molecule has 2 rings (SSSR count). The Labute approximate surface area is 95.3 Å². The number of azide groups is 1. The minimum Gasteiger partial charge on any atom is -0.281 e. The van der Waals surface area contributed by atoms with Gasteiger partial charge in [0.15, 0.2) is 0 Å². The van der Waals surface area contributed by atoms with Crippen LogP contribution in [0, 0.1) is 10.7 Å². The largest absolute Gasteiger partial charge is 0.281 e. The number of anilines is 1. The van der Waals surface area contributed by atoms with Crippen molar-refractivity contribution in [1.82, 2.24) is 15.2 Å². The van der Waals surface area contributed by atoms with E-state index in [1.807, 2.05) is 0 Å². The smallest absolute Gasteiger partial charge is 0.229 e. The van der Waals surface area contributed by atoms with Crippen molar-refractivity contribution in [1.29, 1.82) is 0 Å². The minimum absolute atomic E-state index is 0.0436. The van der Waals surface area contributed by atoms with E-state index >= 15 is 0 Å². The molecule has 0 aliphatic carbocycles. The summed E-state index contributed by atoms with van der Waals surface area (Å²) in [5.41, 5.74) is 8.20. The highest BCUT2D eigenvalue weighted by Crippen LogP contribution is 2.21. The number of aromatic nitrogens is 3. The second-order valence-corrected chi connectivity index (χ2v) is 3.87. The summed E-state index contributed by atoms with van der Waals surface area (Å²) >= 11 is 4.80. The SMILES string of the molecule is [N-]=[N+]=NCC1CC(=O)N(c2nc(=S)[nH][nH]2)C1. The van der Waals surface area contributed by atoms with Gasteiger partial charge in [0.25, 0.3) is 0 Å². The Morgan fingerprint density at radius 2 is 2.50 bits per heavy atom. The molecule has 1 fully saturated rings. The Bertz CT molecular complexity index is 499. The van der Waals surface area contributed by atoms with Crippen LogP contribution in [0.5, 0.6) is 0 Å². The molecule has 0 bridgehead atoms. The summed E-state index contributed by atoms with van der Waals surface area (Å²) in [6.07, 6.45) is 0.368. The van der Waals surface area contributed by atoms with Gasteiger partial charge in [-0.1, -0.05) is 5.11 Å². The molecule has 8 nitrogen and oxygen atoms in total. The highest BCUT2D eigenvalue weighted by Gasteiger charge is 2.31. The van der Waals surface area contributed by atoms with Crippen molar-refractivity contribution in [2.75, 3.05) is 18.0 Å². The third-order valence-electron chi connectivity index (χ3n) is 2.35. The lowest BCUT2D eigenvalue weighted by molar-refractivity contribution is -0.117. The van der Waals surface area contributed by atoms with Gasteiger partial charge in [0.2, 0.25) is 16.6 Å². The Balaban J connectivity index is 2.10. The van der Waals surface area contributed by atoms with Gasteiger partial charge in [-0.15, -0.1) is 0 Å². The van der Waals surface area contributed by atoms with Crippen molar-refractivity contribution in [2.24, 2.45) is 11.0 Å². The van der Waals surface area contributed by atoms with Gasteiger partial charge in [0.1, 0.15) is 0 Å². The fourth-order valence-electron chi connectivity index (χ4n) is 1.65. The maximum Gasteiger partial charge on any atom is 0.229 e. The van der Waals surface area contributed by atoms with Crippen LogP contribution in [0.1, 0.15) is 6.42 Å². The van der Waals surface area contributed by atoms with Crippen LogP contribution in [0.15, 0.2) is 5.11 Å². The van der Waals surface area contributed by atoms with E-state index in [0.717, 1.165) is 0 Å². The third-order valence-corrected chi connectivity index (χ3v) is 2.55. The van der Waals surface area contributed by atoms with Crippen molar-refractivity contribution in [2.45, 2.75) is 6.42 Å². The molecule has 0 radical (unpaired) electrons. The first-order valence-electron chi connectivity index (χ1n) is 4.66. The number of carbonyl (C=O) groups excluding carboxylic acids is 1. The van der Waals surface area contributed by atoms with Crippen LogP contribution in [0.3, 0.4) is 0 Å². The lowest BCUT2D eigenvalue weighted by atomic mass is 10.1. The minimum atomic E-state index is -0.0455. The number of hydrogen-bond acceptors (Lipinski definition) is 4. The molecule has 1 aromatic rings. The Morgan fingerprint density at radius 1 is 1.69 bits per heavy atom. The molecule has 1 unspecified atom stereocenters. The predicted octanol–water partition coefficient (Wildman–Crippen LogP) is 1.13. The number of carbonyl (C=O) groups is 1. The highest BCUT2D eigenvalue weighted by atomic mass is 32.1. The van der Waals surface area contributed by atoms with Gasteiger partial charge >= 0.3 is 0 Å². The number of H-pyrrole nitrogens is 2. The number of amides is 1. The molecule has 2 heterocycles. The van der Waals surface area contributed by atoms with E-state index < -0.39 is 0 Å². The molecule has 1 amide bonds. The number of nitrogens with zero attached hydrogens (tertiary/aromatic N) is 5. The summed E-state index contributed by atoms with van der Waals surface area (Å²) in [7, 11) is 0. The quantitative estimate of drug-likeness (QED) is 0.356. The fourth-order valence-corrected chi connectivity index (χ4v) is 1.79. The summed E-state index contributed by atoms with van der Waals surface area (Å²) in [6.45, 7) is 0.817. The van der Waals surface area contributed by atoms with Crippen LogP contribution < -0.4 is 4.90 Å². The molecule has 1 saturated heterocycles. The molecule has 0 spiro atoms. The number of rotatable bonds is 3. The van der Waals surface area contributed by atoms with Crippen LogP contribution in [-0.2, 0) is 4.79 Å². The molecule has 1 aliphatic rings. The average Bonchev–Trinajstić information content (AvgIpc) is 2.82. The van der Waals surface area contributed by atoms with E-state index in [2.05, 4.69) is 25.2 Å². The van der Waals surface area contributed by atoms with Gasteiger partial charge in [0, 0.05) is 24.4 Å². The standard InChI is InChI=1S/C7H9N7OS/c8-13-9-2-4-1-5(15)14(3-4)6-10-7(16)12-11-6/h4H,1-3H2,(H2,10,11,12,16). The normalized spacial score (nSPS) is 19.9. The van der Waals surface area contributed by atoms with Gasteiger partial charge in [-0.2, -0.15) is 4.98 Å². The first-order chi connectivity index (χ1) is 7.70. The summed E-state index contributed by atoms with van der Waals surface area (Å²) < 4.78 is 0.307. The van der Waals surface area contributed by atoms with E-state index in [1.54, 1.807) is 0 Å². The zero-order valence-electron chi connectivity index (χ0n) is 8.25. The second kappa shape index (κ2) is 4.33. The van der Waals surface area contributed by atoms with E-state index in [0.29, 0.717) is 30.2 Å². The van der Waals surface area contributed by atoms with E-state index in [1.165, 1.54) is 4.90 Å². The molecular weight excluding hydrogens is 230 g/mol. The van der Waals surface area contributed by atoms with Crippen molar-refractivity contribution in [3.8, 4) is 0 Å². The molecule has 2 N–H and O–H groups in total. The van der Waals surface area contributed by atoms with E-state index in [9.17, 15) is 4.79 Å². The molecule has 1 atom stereocenters. The third kappa shape index (κ3) is 2.05. The summed E-state index contributed by atoms with van der Waals surface area (Å²) in [5, 5.41) is 8.81. The summed E-state index contributed by atoms with van der Waals surface area (Å²) in [5.74, 6) is 0.413. The number of nitrogens with one attached hydrogen (secondary N) is 2. The van der Waals surface area contributed by atoms with Crippen LogP contribution in [0.4, 0.5) is 5.95 Å². The number of aromatic amines is 2. The molecule has 0 aromatic carbocycles. The summed E-state index contributed by atoms with van der Waals surface area (Å²) in [4.78, 5) is 19.8. The maximum absolute atomic E-state index is 11.6. The van der Waals surface area contributed by atoms with Gasteiger partial charge in [-0.05, 0) is 23.7 Å². The molecule has 9 heteroatoms. The predicted molar refractivity (Wildman–Crippen MR) is 58.2 cm³/mol. The van der Waals surface area contributed by atoms with Crippen molar-refractivity contribution in [3.05, 3.63) is 15.2 Å². The van der Waals surface area contributed by atoms with E-state index in [-0.39, 0.29) is 11.8 Å². The summed E-state index contributed by atoms with van der Waals surface area (Å²) in [6, 6.07) is 0. The Hall–Kier alpha value is -1.86. The molecule has 84 valence electrons. The van der Waals surface area contributed by atoms with Crippen molar-refractivity contribution < 1.29 is 4.79 Å². The highest BCUT2D eigenvalue weighted by molar-refractivity contribution is 7.71. The molecule has 1 aliphatic heterocycles. The van der Waals surface area contributed by atoms with Crippen LogP contribution >= 0.6 is 12.2 Å². The zero-order chi connectivity index (χ0) is 11.5. The molecule has 16 heavy (non-hydrogen) atoms. The van der Waals surface area contributed by atoms with Crippen LogP contribution in [0.2, 0.25) is 0 Å². The van der Waals surface area contributed by atoms with Crippen LogP contribution in [-0.4, -0.2) is 34.2 Å². The average molecular weight is 239 g/mol. The first-order valence-corrected chi connectivity index (χ1v) is 5.07. The molecule has 1 aromatic heterocycles. The van der Waals surface area contributed by atoms with Gasteiger partial charge in [-0.3, -0.25) is 19.9 Å². The van der Waals surface area contributed by atoms with Crippen molar-refractivity contribution >= 4 is 24.1 Å². The first kappa shape index (κ1) is 10.7. The van der Waals surface area contributed by atoms with Gasteiger partial charge < -0.3 is 0 Å². The maximum atomic E-state index is 11.6. The fraction of sp³-hybridized carbons (Fsp3) is 0.571. The van der Waals surface area contributed by atoms with Crippen molar-refractivity contribution in [3.63, 3.8) is 0 Å². The Morgan fingerprint density at radius 3 is 3.12 bits per heavy atom. The molecular formula is C7H9N7OS. The Kier molecular flexibility index (Phi) is 2.88.